The van der Waals surface area contributed by atoms with Crippen LogP contribution in [0, 0.1) is 23.7 Å². The summed E-state index contributed by atoms with van der Waals surface area (Å²) in [6.45, 7) is 8.20. The van der Waals surface area contributed by atoms with Crippen molar-refractivity contribution in [2.24, 2.45) is 23.7 Å². The van der Waals surface area contributed by atoms with Crippen molar-refractivity contribution in [3.05, 3.63) is 0 Å². The third-order valence-corrected chi connectivity index (χ3v) is 4.29. The molecule has 2 saturated heterocycles. The molecule has 0 aromatic heterocycles. The fourth-order valence-corrected chi connectivity index (χ4v) is 2.97. The summed E-state index contributed by atoms with van der Waals surface area (Å²) in [6, 6.07) is 0.0117. The van der Waals surface area contributed by atoms with Crippen LogP contribution in [0.15, 0.2) is 0 Å². The number of cyclic esters (lactones) is 1. The molecule has 0 radical (unpaired) electrons. The minimum Gasteiger partial charge on any atom is -0.460 e. The van der Waals surface area contributed by atoms with Gasteiger partial charge < -0.3 is 10.1 Å². The maximum atomic E-state index is 11.8. The van der Waals surface area contributed by atoms with E-state index in [4.69, 9.17) is 4.74 Å². The van der Waals surface area contributed by atoms with Gasteiger partial charge in [0.1, 0.15) is 6.10 Å². The summed E-state index contributed by atoms with van der Waals surface area (Å²) in [4.78, 5) is 23.6. The summed E-state index contributed by atoms with van der Waals surface area (Å²) in [5, 5.41) is 2.99. The van der Waals surface area contributed by atoms with Crippen LogP contribution in [0.3, 0.4) is 0 Å². The van der Waals surface area contributed by atoms with Gasteiger partial charge >= 0.3 is 5.97 Å². The molecule has 0 aromatic rings. The van der Waals surface area contributed by atoms with Crippen molar-refractivity contribution in [1.29, 1.82) is 0 Å². The Hall–Kier alpha value is -1.06. The second-order valence-corrected chi connectivity index (χ2v) is 6.26. The van der Waals surface area contributed by atoms with Crippen LogP contribution in [-0.2, 0) is 14.3 Å². The van der Waals surface area contributed by atoms with E-state index in [0.29, 0.717) is 11.8 Å². The summed E-state index contributed by atoms with van der Waals surface area (Å²) < 4.78 is 5.44. The molecule has 2 rings (SSSR count). The lowest BCUT2D eigenvalue weighted by molar-refractivity contribution is -0.146. The Labute approximate surface area is 108 Å². The van der Waals surface area contributed by atoms with Gasteiger partial charge in [0.2, 0.25) is 5.91 Å². The van der Waals surface area contributed by atoms with E-state index >= 15 is 0 Å². The molecule has 0 spiro atoms. The number of ether oxygens (including phenoxy) is 1. The van der Waals surface area contributed by atoms with E-state index in [2.05, 4.69) is 19.2 Å². The van der Waals surface area contributed by atoms with Gasteiger partial charge in [-0.3, -0.25) is 9.59 Å². The van der Waals surface area contributed by atoms with Crippen molar-refractivity contribution in [3.8, 4) is 0 Å². The van der Waals surface area contributed by atoms with E-state index in [9.17, 15) is 9.59 Å². The van der Waals surface area contributed by atoms with E-state index in [0.717, 1.165) is 12.8 Å². The van der Waals surface area contributed by atoms with Crippen molar-refractivity contribution in [1.82, 2.24) is 5.32 Å². The second kappa shape index (κ2) is 4.90. The van der Waals surface area contributed by atoms with E-state index in [-0.39, 0.29) is 35.9 Å². The minimum absolute atomic E-state index is 0.00926. The zero-order valence-corrected chi connectivity index (χ0v) is 11.6. The second-order valence-electron chi connectivity index (χ2n) is 6.26. The molecular weight excluding hydrogens is 230 g/mol. The molecule has 1 N–H and O–H groups in total. The number of rotatable bonds is 3. The zero-order valence-electron chi connectivity index (χ0n) is 11.6. The van der Waals surface area contributed by atoms with Gasteiger partial charge in [-0.05, 0) is 24.7 Å². The van der Waals surface area contributed by atoms with Crippen molar-refractivity contribution >= 4 is 11.9 Å². The van der Waals surface area contributed by atoms with Crippen molar-refractivity contribution in [3.63, 3.8) is 0 Å². The van der Waals surface area contributed by atoms with Crippen LogP contribution in [0.25, 0.3) is 0 Å². The predicted molar refractivity (Wildman–Crippen MR) is 67.7 cm³/mol. The van der Waals surface area contributed by atoms with Crippen LogP contribution in [0.2, 0.25) is 0 Å². The van der Waals surface area contributed by atoms with Gasteiger partial charge in [0.05, 0.1) is 12.0 Å². The molecule has 2 heterocycles. The summed E-state index contributed by atoms with van der Waals surface area (Å²) >= 11 is 0. The zero-order chi connectivity index (χ0) is 13.4. The lowest BCUT2D eigenvalue weighted by Crippen LogP contribution is -2.36. The molecule has 18 heavy (non-hydrogen) atoms. The van der Waals surface area contributed by atoms with Crippen molar-refractivity contribution in [2.45, 2.75) is 52.7 Å². The number of carbonyl (C=O) groups excluding carboxylic acids is 2. The molecule has 1 amide bonds. The van der Waals surface area contributed by atoms with Gasteiger partial charge in [-0.25, -0.2) is 0 Å². The number of hydrogen-bond donors (Lipinski definition) is 1. The molecule has 102 valence electrons. The van der Waals surface area contributed by atoms with Crippen LogP contribution in [0.1, 0.15) is 40.5 Å². The summed E-state index contributed by atoms with van der Waals surface area (Å²) in [5.41, 5.74) is 0. The van der Waals surface area contributed by atoms with E-state index in [1.165, 1.54) is 0 Å². The SMILES string of the molecule is CC(C)C1C[C@@H]([C@@H]2CC(C(C)C)C(=O)O2)NC1=O. The topological polar surface area (TPSA) is 55.4 Å². The molecule has 2 aliphatic heterocycles. The lowest BCUT2D eigenvalue weighted by Gasteiger charge is -2.17. The van der Waals surface area contributed by atoms with Gasteiger partial charge in [0, 0.05) is 5.92 Å². The molecular formula is C14H23NO3. The Bertz CT molecular complexity index is 317. The highest BCUT2D eigenvalue weighted by Crippen LogP contribution is 2.34. The first kappa shape index (κ1) is 13.4. The number of hydrogen-bond acceptors (Lipinski definition) is 3. The van der Waals surface area contributed by atoms with Crippen molar-refractivity contribution in [2.75, 3.05) is 0 Å². The Balaban J connectivity index is 1.99. The smallest absolute Gasteiger partial charge is 0.309 e. The molecule has 2 aliphatic rings. The molecule has 4 nitrogen and oxygen atoms in total. The Morgan fingerprint density at radius 1 is 1.06 bits per heavy atom. The van der Waals surface area contributed by atoms with Crippen LogP contribution < -0.4 is 5.32 Å². The highest BCUT2D eigenvalue weighted by Gasteiger charge is 2.45. The maximum Gasteiger partial charge on any atom is 0.309 e. The Morgan fingerprint density at radius 2 is 1.67 bits per heavy atom. The maximum absolute atomic E-state index is 11.8. The molecule has 0 saturated carbocycles. The minimum atomic E-state index is -0.127. The third kappa shape index (κ3) is 2.38. The quantitative estimate of drug-likeness (QED) is 0.779. The van der Waals surface area contributed by atoms with E-state index in [1.54, 1.807) is 0 Å². The van der Waals surface area contributed by atoms with Gasteiger partial charge in [0.15, 0.2) is 0 Å². The largest absolute Gasteiger partial charge is 0.460 e. The first-order chi connectivity index (χ1) is 8.40. The number of carbonyl (C=O) groups is 2. The first-order valence-electron chi connectivity index (χ1n) is 6.91. The fraction of sp³-hybridized carbons (Fsp3) is 0.857. The highest BCUT2D eigenvalue weighted by molar-refractivity contribution is 5.82. The predicted octanol–water partition coefficient (Wildman–Crippen LogP) is 1.73. The highest BCUT2D eigenvalue weighted by atomic mass is 16.6. The molecule has 0 aromatic carbocycles. The summed E-state index contributed by atoms with van der Waals surface area (Å²) in [6.07, 6.45) is 1.41. The standard InChI is InChI=1S/C14H23NO3/c1-7(2)9-5-11(15-13(9)16)12-6-10(8(3)4)14(17)18-12/h7-12H,5-6H2,1-4H3,(H,15,16)/t9?,10?,11-,12-/m0/s1. The normalized spacial score (nSPS) is 36.3. The van der Waals surface area contributed by atoms with E-state index < -0.39 is 0 Å². The number of amides is 1. The van der Waals surface area contributed by atoms with Crippen LogP contribution in [0.5, 0.6) is 0 Å². The molecule has 2 unspecified atom stereocenters. The van der Waals surface area contributed by atoms with Crippen LogP contribution in [0.4, 0.5) is 0 Å². The average molecular weight is 253 g/mol. The molecule has 4 atom stereocenters. The van der Waals surface area contributed by atoms with Crippen molar-refractivity contribution < 1.29 is 14.3 Å². The number of nitrogens with one attached hydrogen (secondary N) is 1. The van der Waals surface area contributed by atoms with Crippen LogP contribution >= 0.6 is 0 Å². The van der Waals surface area contributed by atoms with Gasteiger partial charge in [-0.1, -0.05) is 27.7 Å². The van der Waals surface area contributed by atoms with Gasteiger partial charge in [-0.15, -0.1) is 0 Å². The van der Waals surface area contributed by atoms with Crippen LogP contribution in [-0.4, -0.2) is 24.0 Å². The van der Waals surface area contributed by atoms with E-state index in [1.807, 2.05) is 13.8 Å². The van der Waals surface area contributed by atoms with Gasteiger partial charge in [-0.2, -0.15) is 0 Å². The first-order valence-corrected chi connectivity index (χ1v) is 6.91. The lowest BCUT2D eigenvalue weighted by atomic mass is 9.88. The monoisotopic (exact) mass is 253 g/mol. The fourth-order valence-electron chi connectivity index (χ4n) is 2.97. The Morgan fingerprint density at radius 3 is 2.11 bits per heavy atom. The molecule has 0 aliphatic carbocycles. The number of esters is 1. The van der Waals surface area contributed by atoms with Gasteiger partial charge in [0.25, 0.3) is 0 Å². The molecule has 2 fully saturated rings. The summed E-state index contributed by atoms with van der Waals surface area (Å²) in [7, 11) is 0. The molecule has 4 heteroatoms. The molecule has 0 bridgehead atoms. The summed E-state index contributed by atoms with van der Waals surface area (Å²) in [5.74, 6) is 0.710. The average Bonchev–Trinajstić information content (AvgIpc) is 2.81. The Kier molecular flexibility index (Phi) is 3.64. The third-order valence-electron chi connectivity index (χ3n) is 4.29.